The van der Waals surface area contributed by atoms with Crippen molar-refractivity contribution in [2.24, 2.45) is 0 Å². The second kappa shape index (κ2) is 1.98. The monoisotopic (exact) mass is 141 g/mol. The lowest BCUT2D eigenvalue weighted by atomic mass is 10.1. The van der Waals surface area contributed by atoms with Gasteiger partial charge in [-0.1, -0.05) is 0 Å². The van der Waals surface area contributed by atoms with Crippen molar-refractivity contribution in [3.8, 4) is 5.88 Å². The van der Waals surface area contributed by atoms with Crippen LogP contribution in [0.2, 0.25) is 0 Å². The van der Waals surface area contributed by atoms with Gasteiger partial charge in [0.2, 0.25) is 5.76 Å². The van der Waals surface area contributed by atoms with Crippen molar-refractivity contribution in [2.45, 2.75) is 13.0 Å². The molecule has 4 nitrogen and oxygen atoms in total. The molecular formula is C6H9N2O2+. The first-order chi connectivity index (χ1) is 4.88. The Kier molecular flexibility index (Phi) is 1.14. The molecule has 1 aromatic rings. The van der Waals surface area contributed by atoms with E-state index >= 15 is 0 Å². The first kappa shape index (κ1) is 5.73. The Morgan fingerprint density at radius 3 is 3.30 bits per heavy atom. The largest absolute Gasteiger partial charge is 0.457 e. The summed E-state index contributed by atoms with van der Waals surface area (Å²) in [7, 11) is 0. The van der Waals surface area contributed by atoms with E-state index in [0.717, 1.165) is 24.3 Å². The van der Waals surface area contributed by atoms with Gasteiger partial charge < -0.3 is 10.4 Å². The Balaban J connectivity index is 2.45. The molecule has 2 heterocycles. The molecule has 0 aliphatic carbocycles. The van der Waals surface area contributed by atoms with Gasteiger partial charge in [-0.05, 0) is 6.42 Å². The maximum Gasteiger partial charge on any atom is 0.413 e. The van der Waals surface area contributed by atoms with Crippen LogP contribution in [0.4, 0.5) is 0 Å². The van der Waals surface area contributed by atoms with E-state index in [1.165, 1.54) is 0 Å². The smallest absolute Gasteiger partial charge is 0.413 e. The molecule has 54 valence electrons. The average molecular weight is 141 g/mol. The van der Waals surface area contributed by atoms with Gasteiger partial charge >= 0.3 is 5.88 Å². The Labute approximate surface area is 57.8 Å². The molecule has 3 N–H and O–H groups in total. The number of H-pyrrole nitrogens is 1. The van der Waals surface area contributed by atoms with E-state index in [9.17, 15) is 0 Å². The molecule has 4 heteroatoms. The number of hydrogen-bond donors (Lipinski definition) is 2. The lowest BCUT2D eigenvalue weighted by Gasteiger charge is -2.05. The normalized spacial score (nSPS) is 16.8. The average Bonchev–Trinajstić information content (AvgIpc) is 2.34. The number of aromatic nitrogens is 1. The van der Waals surface area contributed by atoms with Crippen LogP contribution in [-0.4, -0.2) is 11.7 Å². The highest BCUT2D eigenvalue weighted by Crippen LogP contribution is 2.18. The summed E-state index contributed by atoms with van der Waals surface area (Å²) in [4.78, 5) is 0. The molecule has 0 bridgehead atoms. The van der Waals surface area contributed by atoms with Crippen LogP contribution in [0.25, 0.3) is 0 Å². The first-order valence-electron chi connectivity index (χ1n) is 3.30. The molecule has 0 unspecified atom stereocenters. The fourth-order valence-electron chi connectivity index (χ4n) is 1.18. The van der Waals surface area contributed by atoms with Gasteiger partial charge in [0.1, 0.15) is 5.56 Å². The molecule has 1 aromatic heterocycles. The summed E-state index contributed by atoms with van der Waals surface area (Å²) < 4.78 is 4.95. The van der Waals surface area contributed by atoms with Crippen LogP contribution in [0.3, 0.4) is 0 Å². The van der Waals surface area contributed by atoms with Crippen LogP contribution >= 0.6 is 0 Å². The van der Waals surface area contributed by atoms with Crippen molar-refractivity contribution in [1.29, 1.82) is 0 Å². The molecule has 1 aliphatic rings. The van der Waals surface area contributed by atoms with E-state index in [1.807, 2.05) is 0 Å². The number of aromatic amines is 1. The quantitative estimate of drug-likeness (QED) is 0.509. The zero-order valence-corrected chi connectivity index (χ0v) is 5.48. The molecule has 2 rings (SSSR count). The second-order valence-electron chi connectivity index (χ2n) is 2.38. The van der Waals surface area contributed by atoms with Crippen LogP contribution in [0, 0.1) is 0 Å². The van der Waals surface area contributed by atoms with E-state index in [4.69, 9.17) is 9.63 Å². The fourth-order valence-corrected chi connectivity index (χ4v) is 1.18. The second-order valence-corrected chi connectivity index (χ2v) is 2.38. The van der Waals surface area contributed by atoms with E-state index in [1.54, 1.807) is 0 Å². The molecule has 0 amide bonds. The number of rotatable bonds is 0. The van der Waals surface area contributed by atoms with Gasteiger partial charge in [0.25, 0.3) is 0 Å². The minimum absolute atomic E-state index is 0.177. The SMILES string of the molecule is Oc1[nH+]oc2c1CCNC2. The summed E-state index contributed by atoms with van der Waals surface area (Å²) in [5.41, 5.74) is 0.916. The molecule has 0 atom stereocenters. The Bertz CT molecular complexity index is 244. The minimum Gasteiger partial charge on any atom is -0.457 e. The van der Waals surface area contributed by atoms with E-state index in [2.05, 4.69) is 10.5 Å². The summed E-state index contributed by atoms with van der Waals surface area (Å²) in [5.74, 6) is 1.00. The third-order valence-electron chi connectivity index (χ3n) is 1.73. The minimum atomic E-state index is 0.177. The van der Waals surface area contributed by atoms with Gasteiger partial charge in [0.15, 0.2) is 0 Å². The molecule has 0 spiro atoms. The van der Waals surface area contributed by atoms with E-state index < -0.39 is 0 Å². The highest BCUT2D eigenvalue weighted by molar-refractivity contribution is 5.25. The number of hydrogen-bond acceptors (Lipinski definition) is 3. The zero-order chi connectivity index (χ0) is 6.97. The van der Waals surface area contributed by atoms with Gasteiger partial charge in [-0.25, -0.2) is 4.52 Å². The highest BCUT2D eigenvalue weighted by atomic mass is 16.5. The molecule has 0 saturated heterocycles. The van der Waals surface area contributed by atoms with Crippen molar-refractivity contribution in [2.75, 3.05) is 6.54 Å². The van der Waals surface area contributed by atoms with E-state index in [-0.39, 0.29) is 5.88 Å². The van der Waals surface area contributed by atoms with Crippen LogP contribution in [-0.2, 0) is 13.0 Å². The molecular weight excluding hydrogens is 132 g/mol. The maximum atomic E-state index is 9.12. The number of aromatic hydroxyl groups is 1. The van der Waals surface area contributed by atoms with Crippen LogP contribution in [0.1, 0.15) is 11.3 Å². The van der Waals surface area contributed by atoms with Crippen molar-refractivity contribution < 1.29 is 14.8 Å². The van der Waals surface area contributed by atoms with Crippen molar-refractivity contribution in [3.05, 3.63) is 11.3 Å². The van der Waals surface area contributed by atoms with Crippen LogP contribution < -0.4 is 10.5 Å². The Hall–Kier alpha value is -1.03. The lowest BCUT2D eigenvalue weighted by molar-refractivity contribution is -0.617. The highest BCUT2D eigenvalue weighted by Gasteiger charge is 2.23. The van der Waals surface area contributed by atoms with Crippen LogP contribution in [0.5, 0.6) is 5.88 Å². The Morgan fingerprint density at radius 1 is 1.60 bits per heavy atom. The summed E-state index contributed by atoms with van der Waals surface area (Å²) >= 11 is 0. The standard InChI is InChI=1S/C6H8N2O2/c9-6-4-1-2-7-3-5(4)10-8-6/h7H,1-3H2,(H,8,9)/p+1. The first-order valence-corrected chi connectivity index (χ1v) is 3.30. The van der Waals surface area contributed by atoms with Gasteiger partial charge in [-0.15, -0.1) is 0 Å². The van der Waals surface area contributed by atoms with Crippen molar-refractivity contribution in [1.82, 2.24) is 5.32 Å². The Morgan fingerprint density at radius 2 is 2.50 bits per heavy atom. The summed E-state index contributed by atoms with van der Waals surface area (Å²) in [5, 5.41) is 14.7. The summed E-state index contributed by atoms with van der Waals surface area (Å²) in [6.07, 6.45) is 0.841. The number of nitrogens with one attached hydrogen (secondary N) is 2. The topological polar surface area (TPSA) is 59.5 Å². The fraction of sp³-hybridized carbons (Fsp3) is 0.500. The lowest BCUT2D eigenvalue weighted by Crippen LogP contribution is -2.22. The zero-order valence-electron chi connectivity index (χ0n) is 5.48. The molecule has 10 heavy (non-hydrogen) atoms. The van der Waals surface area contributed by atoms with Crippen molar-refractivity contribution in [3.63, 3.8) is 0 Å². The molecule has 1 aliphatic heterocycles. The van der Waals surface area contributed by atoms with Gasteiger partial charge in [-0.2, -0.15) is 0 Å². The van der Waals surface area contributed by atoms with Gasteiger partial charge in [0.05, 0.1) is 6.54 Å². The maximum absolute atomic E-state index is 9.12. The third-order valence-corrected chi connectivity index (χ3v) is 1.73. The van der Waals surface area contributed by atoms with Crippen molar-refractivity contribution >= 4 is 0 Å². The van der Waals surface area contributed by atoms with E-state index in [0.29, 0.717) is 6.54 Å². The predicted octanol–water partition coefficient (Wildman–Crippen LogP) is -0.555. The van der Waals surface area contributed by atoms with Crippen LogP contribution in [0.15, 0.2) is 4.52 Å². The summed E-state index contributed by atoms with van der Waals surface area (Å²) in [6, 6.07) is 0. The van der Waals surface area contributed by atoms with Gasteiger partial charge in [-0.3, -0.25) is 0 Å². The predicted molar refractivity (Wildman–Crippen MR) is 32.3 cm³/mol. The molecule has 0 fully saturated rings. The molecule has 0 radical (unpaired) electrons. The molecule has 0 saturated carbocycles. The third kappa shape index (κ3) is 0.690. The number of fused-ring (bicyclic) bond motifs is 1. The summed E-state index contributed by atoms with van der Waals surface area (Å²) in [6.45, 7) is 1.63. The van der Waals surface area contributed by atoms with Gasteiger partial charge in [0, 0.05) is 11.7 Å². The molecule has 0 aromatic carbocycles.